The number of allylic oxidation sites excluding steroid dienone is 9. The fourth-order valence-electron chi connectivity index (χ4n) is 2.48. The van der Waals surface area contributed by atoms with Gasteiger partial charge in [-0.25, -0.2) is 0 Å². The number of Topliss-reactive ketones (excluding diaryl/α,β-unsaturated/α-hetero) is 1. The Kier molecular flexibility index (Phi) is 4.00. The molecule has 1 saturated carbocycles. The Balaban J connectivity index is 1.69. The molecule has 0 radical (unpaired) electrons. The van der Waals surface area contributed by atoms with Gasteiger partial charge in [-0.2, -0.15) is 0 Å². The van der Waals surface area contributed by atoms with Gasteiger partial charge in [0.05, 0.1) is 0 Å². The first-order valence-electron chi connectivity index (χ1n) is 7.51. The second kappa shape index (κ2) is 6.08. The molecule has 3 nitrogen and oxygen atoms in total. The van der Waals surface area contributed by atoms with Gasteiger partial charge in [0.2, 0.25) is 5.91 Å². The molecule has 0 aromatic carbocycles. The van der Waals surface area contributed by atoms with Crippen molar-refractivity contribution in [3.63, 3.8) is 0 Å². The fourth-order valence-corrected chi connectivity index (χ4v) is 2.48. The van der Waals surface area contributed by atoms with Crippen LogP contribution in [0, 0.1) is 0 Å². The lowest BCUT2D eigenvalue weighted by Crippen LogP contribution is -2.40. The van der Waals surface area contributed by atoms with Crippen LogP contribution >= 0.6 is 0 Å². The number of hydrogen-bond donors (Lipinski definition) is 1. The highest BCUT2D eigenvalue weighted by Crippen LogP contribution is 2.22. The zero-order valence-electron chi connectivity index (χ0n) is 12.0. The molecule has 0 heterocycles. The maximum absolute atomic E-state index is 12.4. The zero-order chi connectivity index (χ0) is 14.7. The minimum absolute atomic E-state index is 0.0130. The second-order valence-electron chi connectivity index (χ2n) is 5.73. The van der Waals surface area contributed by atoms with E-state index in [1.165, 1.54) is 6.42 Å². The van der Waals surface area contributed by atoms with Crippen LogP contribution in [-0.4, -0.2) is 17.7 Å². The van der Waals surface area contributed by atoms with Crippen molar-refractivity contribution in [3.8, 4) is 0 Å². The van der Waals surface area contributed by atoms with Crippen molar-refractivity contribution in [2.24, 2.45) is 0 Å². The van der Waals surface area contributed by atoms with Gasteiger partial charge in [-0.15, -0.1) is 0 Å². The molecular formula is C18H19NO2. The fraction of sp³-hybridized carbons (Fsp3) is 0.333. The molecule has 0 spiro atoms. The molecule has 1 amide bonds. The molecule has 0 atom stereocenters. The molecule has 21 heavy (non-hydrogen) atoms. The Morgan fingerprint density at radius 2 is 2.05 bits per heavy atom. The Morgan fingerprint density at radius 1 is 1.24 bits per heavy atom. The average Bonchev–Trinajstić information content (AvgIpc) is 2.83. The van der Waals surface area contributed by atoms with Crippen LogP contribution in [0.1, 0.15) is 32.1 Å². The molecule has 3 heteroatoms. The highest BCUT2D eigenvalue weighted by molar-refractivity contribution is 6.07. The van der Waals surface area contributed by atoms with Gasteiger partial charge in [-0.3, -0.25) is 9.59 Å². The van der Waals surface area contributed by atoms with E-state index in [0.29, 0.717) is 11.1 Å². The van der Waals surface area contributed by atoms with Crippen molar-refractivity contribution in [3.05, 3.63) is 59.3 Å². The summed E-state index contributed by atoms with van der Waals surface area (Å²) in [5, 5.41) is 3.03. The van der Waals surface area contributed by atoms with Crippen molar-refractivity contribution in [1.29, 1.82) is 0 Å². The molecule has 108 valence electrons. The van der Waals surface area contributed by atoms with Gasteiger partial charge in [0.25, 0.3) is 0 Å². The number of ketones is 1. The normalized spacial score (nSPS) is 20.5. The third-order valence-electron chi connectivity index (χ3n) is 4.12. The monoisotopic (exact) mass is 281 g/mol. The molecule has 0 aromatic rings. The van der Waals surface area contributed by atoms with Gasteiger partial charge < -0.3 is 5.32 Å². The van der Waals surface area contributed by atoms with Gasteiger partial charge in [0, 0.05) is 23.6 Å². The van der Waals surface area contributed by atoms with Crippen LogP contribution in [0.15, 0.2) is 59.3 Å². The standard InChI is InChI=1S/C18H19NO2/c20-17(14-7-3-8-14)12-15(11-13-5-1-2-6-13)18(21)19-16-9-4-10-16/h1-3,5,7-8,11,16H,4,6,9-10,12H2,(H,19,21)/b15-11+. The number of rotatable bonds is 6. The average molecular weight is 281 g/mol. The lowest BCUT2D eigenvalue weighted by Gasteiger charge is -2.27. The van der Waals surface area contributed by atoms with Gasteiger partial charge in [0.15, 0.2) is 5.78 Å². The van der Waals surface area contributed by atoms with Crippen LogP contribution in [0.25, 0.3) is 0 Å². The van der Waals surface area contributed by atoms with Crippen molar-refractivity contribution in [1.82, 2.24) is 5.32 Å². The van der Waals surface area contributed by atoms with Crippen molar-refractivity contribution in [2.75, 3.05) is 0 Å². The van der Waals surface area contributed by atoms with E-state index < -0.39 is 0 Å². The lowest BCUT2D eigenvalue weighted by atomic mass is 9.92. The minimum Gasteiger partial charge on any atom is -0.350 e. The lowest BCUT2D eigenvalue weighted by molar-refractivity contribution is -0.121. The van der Waals surface area contributed by atoms with E-state index in [2.05, 4.69) is 5.32 Å². The Bertz CT molecular complexity index is 613. The van der Waals surface area contributed by atoms with Crippen LogP contribution in [0.4, 0.5) is 0 Å². The van der Waals surface area contributed by atoms with E-state index in [4.69, 9.17) is 0 Å². The second-order valence-corrected chi connectivity index (χ2v) is 5.73. The molecule has 3 aliphatic carbocycles. The summed E-state index contributed by atoms with van der Waals surface area (Å²) in [5.74, 6) is -0.0798. The van der Waals surface area contributed by atoms with Crippen LogP contribution in [-0.2, 0) is 9.59 Å². The predicted octanol–water partition coefficient (Wildman–Crippen LogP) is 2.92. The minimum atomic E-state index is -0.0928. The summed E-state index contributed by atoms with van der Waals surface area (Å²) in [5.41, 5.74) is 2.36. The van der Waals surface area contributed by atoms with Crippen LogP contribution in [0.2, 0.25) is 0 Å². The first kappa shape index (κ1) is 13.8. The summed E-state index contributed by atoms with van der Waals surface area (Å²) in [6.07, 6.45) is 17.6. The van der Waals surface area contributed by atoms with E-state index in [9.17, 15) is 9.59 Å². The summed E-state index contributed by atoms with van der Waals surface area (Å²) in [6, 6.07) is 0.287. The van der Waals surface area contributed by atoms with Crippen LogP contribution < -0.4 is 5.32 Å². The SMILES string of the molecule is O=C(C/C(=C\C1=CC=CC1)C(=O)NC1CCC1)C1=CC=C1. The predicted molar refractivity (Wildman–Crippen MR) is 82.6 cm³/mol. The smallest absolute Gasteiger partial charge is 0.247 e. The maximum atomic E-state index is 12.4. The Hall–Kier alpha value is -2.16. The van der Waals surface area contributed by atoms with Crippen molar-refractivity contribution >= 4 is 11.7 Å². The molecule has 0 bridgehead atoms. The molecular weight excluding hydrogens is 262 g/mol. The van der Waals surface area contributed by atoms with Gasteiger partial charge in [0.1, 0.15) is 0 Å². The Morgan fingerprint density at radius 3 is 2.57 bits per heavy atom. The molecule has 0 aliphatic heterocycles. The largest absolute Gasteiger partial charge is 0.350 e. The third-order valence-corrected chi connectivity index (χ3v) is 4.12. The Labute approximate surface area is 124 Å². The summed E-state index contributed by atoms with van der Waals surface area (Å²) < 4.78 is 0. The highest BCUT2D eigenvalue weighted by atomic mass is 16.2. The topological polar surface area (TPSA) is 46.2 Å². The van der Waals surface area contributed by atoms with E-state index >= 15 is 0 Å². The van der Waals surface area contributed by atoms with Crippen LogP contribution in [0.3, 0.4) is 0 Å². The zero-order valence-corrected chi connectivity index (χ0v) is 12.0. The first-order valence-corrected chi connectivity index (χ1v) is 7.51. The molecule has 1 N–H and O–H groups in total. The van der Waals surface area contributed by atoms with Gasteiger partial charge >= 0.3 is 0 Å². The number of hydrogen-bond acceptors (Lipinski definition) is 2. The molecule has 3 aliphatic rings. The van der Waals surface area contributed by atoms with E-state index in [1.54, 1.807) is 12.2 Å². The summed E-state index contributed by atoms with van der Waals surface area (Å²) in [6.45, 7) is 0. The quantitative estimate of drug-likeness (QED) is 0.761. The van der Waals surface area contributed by atoms with Gasteiger partial charge in [-0.05, 0) is 37.3 Å². The van der Waals surface area contributed by atoms with Crippen LogP contribution in [0.5, 0.6) is 0 Å². The number of carbonyl (C=O) groups is 2. The molecule has 0 saturated heterocycles. The first-order chi connectivity index (χ1) is 10.2. The summed E-state index contributed by atoms with van der Waals surface area (Å²) in [4.78, 5) is 24.5. The molecule has 0 unspecified atom stereocenters. The van der Waals surface area contributed by atoms with Crippen molar-refractivity contribution in [2.45, 2.75) is 38.1 Å². The van der Waals surface area contributed by atoms with Crippen molar-refractivity contribution < 1.29 is 9.59 Å². The van der Waals surface area contributed by atoms with Gasteiger partial charge in [-0.1, -0.05) is 36.5 Å². The molecule has 1 fully saturated rings. The molecule has 0 aromatic heterocycles. The van der Waals surface area contributed by atoms with E-state index in [1.807, 2.05) is 30.4 Å². The van der Waals surface area contributed by atoms with E-state index in [0.717, 1.165) is 24.8 Å². The third kappa shape index (κ3) is 3.30. The maximum Gasteiger partial charge on any atom is 0.247 e. The van der Waals surface area contributed by atoms with E-state index in [-0.39, 0.29) is 24.2 Å². The summed E-state index contributed by atoms with van der Waals surface area (Å²) >= 11 is 0. The number of nitrogens with one attached hydrogen (secondary N) is 1. The highest BCUT2D eigenvalue weighted by Gasteiger charge is 2.23. The number of amides is 1. The summed E-state index contributed by atoms with van der Waals surface area (Å²) in [7, 11) is 0. The molecule has 3 rings (SSSR count). The number of carbonyl (C=O) groups excluding carboxylic acids is 2.